The molecule has 0 aromatic heterocycles. The van der Waals surface area contributed by atoms with Gasteiger partial charge in [0.05, 0.1) is 4.92 Å². The maximum absolute atomic E-state index is 12.6. The van der Waals surface area contributed by atoms with E-state index in [1.807, 2.05) is 11.8 Å². The molecule has 1 heterocycles. The third kappa shape index (κ3) is 4.69. The lowest BCUT2D eigenvalue weighted by atomic mass is 9.90. The highest BCUT2D eigenvalue weighted by molar-refractivity contribution is 5.96. The number of nitrogens with one attached hydrogen (secondary N) is 1. The number of nitro groups is 1. The molecule has 0 saturated carbocycles. The molecule has 1 aromatic carbocycles. The highest BCUT2D eigenvalue weighted by atomic mass is 16.6. The summed E-state index contributed by atoms with van der Waals surface area (Å²) in [6.07, 6.45) is 2.80. The van der Waals surface area contributed by atoms with E-state index < -0.39 is 10.5 Å². The molecule has 1 atom stereocenters. The third-order valence-corrected chi connectivity index (χ3v) is 4.61. The third-order valence-electron chi connectivity index (χ3n) is 4.61. The van der Waals surface area contributed by atoms with Gasteiger partial charge in [0, 0.05) is 36.8 Å². The first kappa shape index (κ1) is 19.2. The number of amides is 1. The molecule has 0 aliphatic carbocycles. The normalized spacial score (nSPS) is 16.8. The molecule has 1 aliphatic rings. The van der Waals surface area contributed by atoms with Gasteiger partial charge in [0.1, 0.15) is 5.69 Å². The second kappa shape index (κ2) is 7.82. The Morgan fingerprint density at radius 2 is 2.04 bits per heavy atom. The van der Waals surface area contributed by atoms with Crippen LogP contribution in [-0.4, -0.2) is 36.0 Å². The van der Waals surface area contributed by atoms with Gasteiger partial charge in [-0.1, -0.05) is 13.8 Å². The van der Waals surface area contributed by atoms with Crippen molar-refractivity contribution in [3.8, 4) is 0 Å². The summed E-state index contributed by atoms with van der Waals surface area (Å²) in [5, 5.41) is 14.4. The van der Waals surface area contributed by atoms with Gasteiger partial charge in [0.25, 0.3) is 11.6 Å². The molecular formula is C18H28N4O3. The zero-order chi connectivity index (χ0) is 18.6. The van der Waals surface area contributed by atoms with E-state index in [9.17, 15) is 14.9 Å². The Labute approximate surface area is 148 Å². The molecule has 1 aromatic rings. The molecule has 1 fully saturated rings. The van der Waals surface area contributed by atoms with E-state index in [0.29, 0.717) is 18.2 Å². The minimum atomic E-state index is -0.534. The van der Waals surface area contributed by atoms with Crippen molar-refractivity contribution in [1.82, 2.24) is 5.32 Å². The molecule has 7 heteroatoms. The second-order valence-electron chi connectivity index (χ2n) is 7.47. The molecule has 1 unspecified atom stereocenters. The lowest BCUT2D eigenvalue weighted by Gasteiger charge is -2.31. The topological polar surface area (TPSA) is 102 Å². The fraction of sp³-hybridized carbons (Fsp3) is 0.611. The van der Waals surface area contributed by atoms with Crippen LogP contribution in [-0.2, 0) is 0 Å². The Balaban J connectivity index is 2.25. The summed E-state index contributed by atoms with van der Waals surface area (Å²) in [6.45, 7) is 7.96. The number of rotatable bonds is 7. The number of anilines is 1. The summed E-state index contributed by atoms with van der Waals surface area (Å²) < 4.78 is 0. The predicted octanol–water partition coefficient (Wildman–Crippen LogP) is 2.69. The van der Waals surface area contributed by atoms with Crippen LogP contribution in [0.1, 0.15) is 50.4 Å². The van der Waals surface area contributed by atoms with Gasteiger partial charge < -0.3 is 16.0 Å². The van der Waals surface area contributed by atoms with Crippen molar-refractivity contribution in [1.29, 1.82) is 0 Å². The van der Waals surface area contributed by atoms with Crippen LogP contribution < -0.4 is 16.0 Å². The van der Waals surface area contributed by atoms with Crippen molar-refractivity contribution in [3.05, 3.63) is 33.9 Å². The minimum absolute atomic E-state index is 0.0205. The van der Waals surface area contributed by atoms with Gasteiger partial charge in [0.15, 0.2) is 0 Å². The Morgan fingerprint density at radius 1 is 1.40 bits per heavy atom. The Hall–Kier alpha value is -2.15. The highest BCUT2D eigenvalue weighted by Crippen LogP contribution is 2.31. The van der Waals surface area contributed by atoms with E-state index in [4.69, 9.17) is 5.73 Å². The molecule has 25 heavy (non-hydrogen) atoms. The average molecular weight is 348 g/mol. The van der Waals surface area contributed by atoms with Crippen LogP contribution >= 0.6 is 0 Å². The molecule has 1 saturated heterocycles. The standard InChI is InChI=1S/C18H28N4O3/c1-13(2)11-18(3,12-19)20-17(23)14-6-7-15(16(10-14)22(24)25)21-8-4-5-9-21/h6-7,10,13H,4-5,8-9,11-12,19H2,1-3H3,(H,20,23). The largest absolute Gasteiger partial charge is 0.366 e. The van der Waals surface area contributed by atoms with E-state index in [0.717, 1.165) is 32.4 Å². The number of benzene rings is 1. The van der Waals surface area contributed by atoms with E-state index in [1.54, 1.807) is 12.1 Å². The van der Waals surface area contributed by atoms with E-state index in [2.05, 4.69) is 19.2 Å². The Kier molecular flexibility index (Phi) is 6.00. The summed E-state index contributed by atoms with van der Waals surface area (Å²) >= 11 is 0. The maximum Gasteiger partial charge on any atom is 0.293 e. The number of hydrogen-bond acceptors (Lipinski definition) is 5. The molecule has 0 bridgehead atoms. The number of carbonyl (C=O) groups is 1. The van der Waals surface area contributed by atoms with Gasteiger partial charge in [-0.3, -0.25) is 14.9 Å². The van der Waals surface area contributed by atoms with Crippen molar-refractivity contribution in [3.63, 3.8) is 0 Å². The van der Waals surface area contributed by atoms with Gasteiger partial charge in [-0.15, -0.1) is 0 Å². The van der Waals surface area contributed by atoms with E-state index in [-0.39, 0.29) is 17.2 Å². The zero-order valence-corrected chi connectivity index (χ0v) is 15.2. The van der Waals surface area contributed by atoms with E-state index >= 15 is 0 Å². The van der Waals surface area contributed by atoms with Crippen molar-refractivity contribution in [2.24, 2.45) is 11.7 Å². The van der Waals surface area contributed by atoms with Crippen molar-refractivity contribution < 1.29 is 9.72 Å². The molecule has 1 aliphatic heterocycles. The van der Waals surface area contributed by atoms with Crippen molar-refractivity contribution >= 4 is 17.3 Å². The van der Waals surface area contributed by atoms with Crippen LogP contribution in [0.2, 0.25) is 0 Å². The molecule has 3 N–H and O–H groups in total. The van der Waals surface area contributed by atoms with Crippen molar-refractivity contribution in [2.75, 3.05) is 24.5 Å². The summed E-state index contributed by atoms with van der Waals surface area (Å²) in [7, 11) is 0. The molecule has 1 amide bonds. The zero-order valence-electron chi connectivity index (χ0n) is 15.2. The fourth-order valence-electron chi connectivity index (χ4n) is 3.47. The van der Waals surface area contributed by atoms with Crippen LogP contribution in [0.3, 0.4) is 0 Å². The van der Waals surface area contributed by atoms with Crippen LogP contribution in [0, 0.1) is 16.0 Å². The number of carbonyl (C=O) groups excluding carboxylic acids is 1. The lowest BCUT2D eigenvalue weighted by Crippen LogP contribution is -2.52. The second-order valence-corrected chi connectivity index (χ2v) is 7.47. The monoisotopic (exact) mass is 348 g/mol. The number of nitro benzene ring substituents is 1. The lowest BCUT2D eigenvalue weighted by molar-refractivity contribution is -0.384. The van der Waals surface area contributed by atoms with Gasteiger partial charge in [-0.05, 0) is 44.2 Å². The summed E-state index contributed by atoms with van der Waals surface area (Å²) in [4.78, 5) is 25.7. The number of nitrogens with zero attached hydrogens (tertiary/aromatic N) is 2. The van der Waals surface area contributed by atoms with Gasteiger partial charge >= 0.3 is 0 Å². The first-order chi connectivity index (χ1) is 11.8. The molecular weight excluding hydrogens is 320 g/mol. The van der Waals surface area contributed by atoms with Gasteiger partial charge in [-0.2, -0.15) is 0 Å². The molecule has 0 spiro atoms. The summed E-state index contributed by atoms with van der Waals surface area (Å²) in [5.41, 5.74) is 6.16. The Bertz CT molecular complexity index is 641. The predicted molar refractivity (Wildman–Crippen MR) is 98.9 cm³/mol. The highest BCUT2D eigenvalue weighted by Gasteiger charge is 2.28. The van der Waals surface area contributed by atoms with E-state index in [1.165, 1.54) is 6.07 Å². The molecule has 138 valence electrons. The quantitative estimate of drug-likeness (QED) is 0.583. The molecule has 7 nitrogen and oxygen atoms in total. The van der Waals surface area contributed by atoms with Gasteiger partial charge in [-0.25, -0.2) is 0 Å². The number of nitrogens with two attached hydrogens (primary N) is 1. The maximum atomic E-state index is 12.6. The first-order valence-electron chi connectivity index (χ1n) is 8.82. The van der Waals surface area contributed by atoms with Crippen LogP contribution in [0.5, 0.6) is 0 Å². The minimum Gasteiger partial charge on any atom is -0.366 e. The van der Waals surface area contributed by atoms with Gasteiger partial charge in [0.2, 0.25) is 0 Å². The van der Waals surface area contributed by atoms with Crippen molar-refractivity contribution in [2.45, 2.75) is 45.6 Å². The summed E-state index contributed by atoms with van der Waals surface area (Å²) in [5.74, 6) is 0.0467. The summed E-state index contributed by atoms with van der Waals surface area (Å²) in [6, 6.07) is 4.71. The SMILES string of the molecule is CC(C)CC(C)(CN)NC(=O)c1ccc(N2CCCC2)c([N+](=O)[O-])c1. The molecule has 2 rings (SSSR count). The fourth-order valence-corrected chi connectivity index (χ4v) is 3.47. The number of hydrogen-bond donors (Lipinski definition) is 2. The smallest absolute Gasteiger partial charge is 0.293 e. The van der Waals surface area contributed by atoms with Crippen LogP contribution in [0.25, 0.3) is 0 Å². The first-order valence-corrected chi connectivity index (χ1v) is 8.82. The van der Waals surface area contributed by atoms with Crippen LogP contribution in [0.4, 0.5) is 11.4 Å². The van der Waals surface area contributed by atoms with Crippen LogP contribution in [0.15, 0.2) is 18.2 Å². The molecule has 0 radical (unpaired) electrons. The Morgan fingerprint density at radius 3 is 2.56 bits per heavy atom. The average Bonchev–Trinajstić information content (AvgIpc) is 3.07.